The predicted molar refractivity (Wildman–Crippen MR) is 92.8 cm³/mol. The quantitative estimate of drug-likeness (QED) is 0.897. The largest absolute Gasteiger partial charge is 0.342 e. The molecule has 0 aromatic carbocycles. The zero-order chi connectivity index (χ0) is 16.1. The van der Waals surface area contributed by atoms with Crippen LogP contribution in [0.5, 0.6) is 0 Å². The van der Waals surface area contributed by atoms with E-state index in [1.165, 1.54) is 16.2 Å². The van der Waals surface area contributed by atoms with E-state index >= 15 is 0 Å². The summed E-state index contributed by atoms with van der Waals surface area (Å²) in [6.45, 7) is 4.22. The van der Waals surface area contributed by atoms with Gasteiger partial charge in [0, 0.05) is 37.6 Å². The van der Waals surface area contributed by atoms with Crippen LogP contribution in [0.4, 0.5) is 0 Å². The smallest absolute Gasteiger partial charge is 0.261 e. The highest BCUT2D eigenvalue weighted by molar-refractivity contribution is 7.12. The van der Waals surface area contributed by atoms with E-state index in [2.05, 4.69) is 27.7 Å². The molecule has 1 fully saturated rings. The van der Waals surface area contributed by atoms with E-state index in [0.717, 1.165) is 32.7 Å². The van der Waals surface area contributed by atoms with Gasteiger partial charge in [-0.2, -0.15) is 0 Å². The van der Waals surface area contributed by atoms with Crippen molar-refractivity contribution in [3.05, 3.63) is 44.8 Å². The zero-order valence-electron chi connectivity index (χ0n) is 12.7. The van der Waals surface area contributed by atoms with Crippen LogP contribution in [-0.4, -0.2) is 54.3 Å². The Morgan fingerprint density at radius 3 is 2.43 bits per heavy atom. The van der Waals surface area contributed by atoms with Crippen LogP contribution in [0, 0.1) is 0 Å². The fourth-order valence-corrected chi connectivity index (χ4v) is 3.93. The van der Waals surface area contributed by atoms with Gasteiger partial charge in [0.2, 0.25) is 5.91 Å². The van der Waals surface area contributed by atoms with Crippen molar-refractivity contribution in [1.29, 1.82) is 0 Å². The first-order valence-electron chi connectivity index (χ1n) is 7.56. The molecule has 7 heteroatoms. The minimum absolute atomic E-state index is 0.00863. The number of nitrogens with one attached hydrogen (secondary N) is 1. The second kappa shape index (κ2) is 7.72. The topological polar surface area (TPSA) is 52.7 Å². The predicted octanol–water partition coefficient (Wildman–Crippen LogP) is 1.88. The molecule has 1 aliphatic heterocycles. The lowest BCUT2D eigenvalue weighted by molar-refractivity contribution is -0.131. The van der Waals surface area contributed by atoms with E-state index in [-0.39, 0.29) is 18.4 Å². The van der Waals surface area contributed by atoms with E-state index in [9.17, 15) is 9.59 Å². The van der Waals surface area contributed by atoms with E-state index in [0.29, 0.717) is 4.88 Å². The highest BCUT2D eigenvalue weighted by Gasteiger charge is 2.21. The monoisotopic (exact) mass is 349 g/mol. The van der Waals surface area contributed by atoms with Crippen molar-refractivity contribution in [2.75, 3.05) is 32.7 Å². The lowest BCUT2D eigenvalue weighted by atomic mass is 10.3. The number of thiophene rings is 2. The van der Waals surface area contributed by atoms with Gasteiger partial charge in [0.05, 0.1) is 11.4 Å². The van der Waals surface area contributed by atoms with E-state index < -0.39 is 0 Å². The van der Waals surface area contributed by atoms with Gasteiger partial charge in [0.25, 0.3) is 5.91 Å². The highest BCUT2D eigenvalue weighted by Crippen LogP contribution is 2.13. The maximum absolute atomic E-state index is 12.2. The fourth-order valence-electron chi connectivity index (χ4n) is 2.54. The fraction of sp³-hybridized carbons (Fsp3) is 0.375. The van der Waals surface area contributed by atoms with Crippen LogP contribution in [0.3, 0.4) is 0 Å². The molecular formula is C16H19N3O2S2. The first-order valence-corrected chi connectivity index (χ1v) is 9.32. The van der Waals surface area contributed by atoms with Crippen molar-refractivity contribution in [2.24, 2.45) is 0 Å². The molecule has 0 radical (unpaired) electrons. The van der Waals surface area contributed by atoms with Crippen LogP contribution in [-0.2, 0) is 11.3 Å². The second-order valence-corrected chi connectivity index (χ2v) is 7.38. The molecule has 1 aliphatic rings. The lowest BCUT2D eigenvalue weighted by Crippen LogP contribution is -2.50. The summed E-state index contributed by atoms with van der Waals surface area (Å²) in [7, 11) is 0. The van der Waals surface area contributed by atoms with Crippen molar-refractivity contribution in [3.63, 3.8) is 0 Å². The molecular weight excluding hydrogens is 330 g/mol. The molecule has 5 nitrogen and oxygen atoms in total. The van der Waals surface area contributed by atoms with Crippen LogP contribution in [0.2, 0.25) is 0 Å². The summed E-state index contributed by atoms with van der Waals surface area (Å²) in [6.07, 6.45) is 0. The van der Waals surface area contributed by atoms with Gasteiger partial charge in [-0.25, -0.2) is 0 Å². The molecule has 3 rings (SSSR count). The SMILES string of the molecule is O=C(NCC(=O)N1CCN(Cc2cccs2)CC1)c1cccs1. The minimum atomic E-state index is -0.176. The molecule has 23 heavy (non-hydrogen) atoms. The molecule has 0 atom stereocenters. The van der Waals surface area contributed by atoms with Gasteiger partial charge >= 0.3 is 0 Å². The van der Waals surface area contributed by atoms with Crippen LogP contribution < -0.4 is 5.32 Å². The molecule has 2 aromatic heterocycles. The molecule has 2 amide bonds. The van der Waals surface area contributed by atoms with Crippen molar-refractivity contribution in [2.45, 2.75) is 6.54 Å². The Hall–Kier alpha value is -1.70. The third-order valence-electron chi connectivity index (χ3n) is 3.83. The summed E-state index contributed by atoms with van der Waals surface area (Å²) < 4.78 is 0. The Bertz CT molecular complexity index is 632. The Labute approximate surface area is 143 Å². The Morgan fingerprint density at radius 1 is 1.04 bits per heavy atom. The molecule has 2 aromatic rings. The van der Waals surface area contributed by atoms with Gasteiger partial charge in [0.1, 0.15) is 0 Å². The van der Waals surface area contributed by atoms with E-state index in [1.807, 2.05) is 16.3 Å². The van der Waals surface area contributed by atoms with Crippen molar-refractivity contribution >= 4 is 34.5 Å². The Morgan fingerprint density at radius 2 is 1.78 bits per heavy atom. The normalized spacial score (nSPS) is 15.6. The molecule has 3 heterocycles. The molecule has 0 saturated carbocycles. The first-order chi connectivity index (χ1) is 11.2. The van der Waals surface area contributed by atoms with Gasteiger partial charge in [-0.3, -0.25) is 14.5 Å². The molecule has 122 valence electrons. The summed E-state index contributed by atoms with van der Waals surface area (Å²) in [4.78, 5) is 30.2. The third-order valence-corrected chi connectivity index (χ3v) is 5.56. The van der Waals surface area contributed by atoms with Gasteiger partial charge in [-0.1, -0.05) is 12.1 Å². The molecule has 1 N–H and O–H groups in total. The number of rotatable bonds is 5. The standard InChI is InChI=1S/C16H19N3O2S2/c20-15(11-17-16(21)14-4-2-10-23-14)19-7-5-18(6-8-19)12-13-3-1-9-22-13/h1-4,9-10H,5-8,11-12H2,(H,17,21). The van der Waals surface area contributed by atoms with Crippen molar-refractivity contribution < 1.29 is 9.59 Å². The average Bonchev–Trinajstić information content (AvgIpc) is 3.26. The van der Waals surface area contributed by atoms with E-state index in [4.69, 9.17) is 0 Å². The minimum Gasteiger partial charge on any atom is -0.342 e. The van der Waals surface area contributed by atoms with Crippen LogP contribution in [0.1, 0.15) is 14.5 Å². The molecule has 0 bridgehead atoms. The number of carbonyl (C=O) groups is 2. The zero-order valence-corrected chi connectivity index (χ0v) is 14.4. The Kier molecular flexibility index (Phi) is 5.43. The maximum Gasteiger partial charge on any atom is 0.261 e. The molecule has 0 aliphatic carbocycles. The summed E-state index contributed by atoms with van der Waals surface area (Å²) in [5.41, 5.74) is 0. The van der Waals surface area contributed by atoms with Crippen LogP contribution >= 0.6 is 22.7 Å². The summed E-state index contributed by atoms with van der Waals surface area (Å²) in [5, 5.41) is 6.64. The second-order valence-electron chi connectivity index (χ2n) is 5.40. The number of nitrogens with zero attached hydrogens (tertiary/aromatic N) is 2. The molecule has 0 spiro atoms. The number of hydrogen-bond donors (Lipinski definition) is 1. The lowest BCUT2D eigenvalue weighted by Gasteiger charge is -2.34. The van der Waals surface area contributed by atoms with Crippen molar-refractivity contribution in [1.82, 2.24) is 15.1 Å². The van der Waals surface area contributed by atoms with Gasteiger partial charge in [0.15, 0.2) is 0 Å². The maximum atomic E-state index is 12.2. The average molecular weight is 349 g/mol. The Balaban J connectivity index is 1.40. The number of carbonyl (C=O) groups excluding carboxylic acids is 2. The molecule has 0 unspecified atom stereocenters. The first kappa shape index (κ1) is 16.2. The van der Waals surface area contributed by atoms with Gasteiger partial charge < -0.3 is 10.2 Å². The third kappa shape index (κ3) is 4.40. The number of amides is 2. The summed E-state index contributed by atoms with van der Waals surface area (Å²) >= 11 is 3.14. The highest BCUT2D eigenvalue weighted by atomic mass is 32.1. The molecule has 1 saturated heterocycles. The summed E-state index contributed by atoms with van der Waals surface area (Å²) in [5.74, 6) is -0.185. The van der Waals surface area contributed by atoms with Crippen molar-refractivity contribution in [3.8, 4) is 0 Å². The number of hydrogen-bond acceptors (Lipinski definition) is 5. The van der Waals surface area contributed by atoms with Crippen LogP contribution in [0.15, 0.2) is 35.0 Å². The summed E-state index contributed by atoms with van der Waals surface area (Å²) in [6, 6.07) is 7.79. The van der Waals surface area contributed by atoms with E-state index in [1.54, 1.807) is 17.4 Å². The van der Waals surface area contributed by atoms with Gasteiger partial charge in [-0.05, 0) is 22.9 Å². The number of piperazine rings is 1. The van der Waals surface area contributed by atoms with Gasteiger partial charge in [-0.15, -0.1) is 22.7 Å². The van der Waals surface area contributed by atoms with Crippen LogP contribution in [0.25, 0.3) is 0 Å².